The Morgan fingerprint density at radius 2 is 0.992 bits per heavy atom. The molecule has 13 aromatic carbocycles. The van der Waals surface area contributed by atoms with Crippen LogP contribution >= 0.6 is 0 Å². The molecule has 0 spiro atoms. The van der Waals surface area contributed by atoms with E-state index >= 15 is 0 Å². The van der Waals surface area contributed by atoms with Crippen molar-refractivity contribution < 1.29 is 69.1 Å². The van der Waals surface area contributed by atoms with E-state index in [-0.39, 0.29) is 80.8 Å². The zero-order valence-corrected chi connectivity index (χ0v) is 85.3. The number of fused-ring (bicyclic) bond motifs is 12. The summed E-state index contributed by atoms with van der Waals surface area (Å²) >= 11 is 0. The van der Waals surface area contributed by atoms with Crippen LogP contribution in [0.5, 0.6) is 0 Å². The first-order valence-corrected chi connectivity index (χ1v) is 51.9. The third-order valence-electron chi connectivity index (χ3n) is 24.5. The number of para-hydroxylation sites is 1. The summed E-state index contributed by atoms with van der Waals surface area (Å²) in [4.78, 5) is 24.4. The molecule has 1 atom stereocenters. The van der Waals surface area contributed by atoms with Gasteiger partial charge in [0.05, 0.1) is 61.0 Å². The molecule has 0 saturated heterocycles. The molecule has 133 heavy (non-hydrogen) atoms. The first kappa shape index (κ1) is 88.8. The number of aromatic nitrogens is 7. The van der Waals surface area contributed by atoms with Crippen LogP contribution in [0.2, 0.25) is 39.3 Å². The molecular formula is C117H110F3Ir2N7O2Si2-4. The molecule has 676 valence electrons. The molecular weight excluding hydrogens is 2030 g/mol. The summed E-state index contributed by atoms with van der Waals surface area (Å²) in [5.74, 6) is 0.148. The molecule has 0 aliphatic rings. The molecule has 20 rings (SSSR count). The third-order valence-corrected chi connectivity index (χ3v) is 28.5. The molecule has 0 aliphatic carbocycles. The van der Waals surface area contributed by atoms with Crippen LogP contribution in [0.15, 0.2) is 282 Å². The van der Waals surface area contributed by atoms with Crippen LogP contribution in [-0.2, 0) is 58.4 Å². The summed E-state index contributed by atoms with van der Waals surface area (Å²) in [6.07, 6.45) is 0.347. The van der Waals surface area contributed by atoms with Crippen molar-refractivity contribution in [2.75, 3.05) is 0 Å². The second-order valence-corrected chi connectivity index (χ2v) is 48.1. The maximum absolute atomic E-state index is 14.4. The van der Waals surface area contributed by atoms with Crippen LogP contribution in [0.4, 0.5) is 13.2 Å². The van der Waals surface area contributed by atoms with E-state index in [4.69, 9.17) is 30.6 Å². The van der Waals surface area contributed by atoms with Gasteiger partial charge in [-0.2, -0.15) is 0 Å². The number of benzene rings is 13. The molecule has 0 amide bonds. The third kappa shape index (κ3) is 19.7. The molecule has 2 radical (unpaired) electrons. The molecule has 0 saturated carbocycles. The zero-order valence-electron chi connectivity index (χ0n) is 83.5. The van der Waals surface area contributed by atoms with Crippen molar-refractivity contribution in [2.24, 2.45) is 0 Å². The Kier molecular flexibility index (Phi) is 26.2. The van der Waals surface area contributed by atoms with Crippen LogP contribution in [0.3, 0.4) is 0 Å². The number of furan rings is 2. The van der Waals surface area contributed by atoms with Gasteiger partial charge in [0.1, 0.15) is 11.4 Å². The maximum Gasteiger partial charge on any atom is 0.216 e. The number of nitrogens with zero attached hydrogens (tertiary/aromatic N) is 7. The first-order chi connectivity index (χ1) is 64.5. The van der Waals surface area contributed by atoms with E-state index in [1.54, 1.807) is 49.4 Å². The number of hydrogen-bond donors (Lipinski definition) is 0. The molecule has 0 N–H and O–H groups in total. The number of aryl methyl sites for hydroxylation is 3. The molecule has 0 fully saturated rings. The fraction of sp³-hybridized carbons (Fsp3) is 0.222. The Morgan fingerprint density at radius 3 is 1.55 bits per heavy atom. The fourth-order valence-corrected chi connectivity index (χ4v) is 20.6. The van der Waals surface area contributed by atoms with Crippen LogP contribution in [0.25, 0.3) is 144 Å². The molecule has 0 bridgehead atoms. The molecule has 7 aromatic heterocycles. The summed E-state index contributed by atoms with van der Waals surface area (Å²) < 4.78 is 103. The van der Waals surface area contributed by atoms with E-state index in [0.717, 1.165) is 149 Å². The molecule has 1 unspecified atom stereocenters. The summed E-state index contributed by atoms with van der Waals surface area (Å²) in [6, 6.07) is 95.9. The summed E-state index contributed by atoms with van der Waals surface area (Å²) in [5, 5.41) is 10.5. The van der Waals surface area contributed by atoms with E-state index in [1.807, 2.05) is 144 Å². The van der Waals surface area contributed by atoms with Gasteiger partial charge in [0.15, 0.2) is 0 Å². The van der Waals surface area contributed by atoms with Crippen molar-refractivity contribution in [3.05, 3.63) is 376 Å². The number of rotatable bonds is 16. The molecule has 16 heteroatoms. The standard InChI is InChI=1S/C41H34N3O.C35H28FN2O.C24H27FNSi.C17H21FNSi.2Ir/c1-25(2)30-16-10-17-31(26(3)4)37(30)44-38-32-15-9-8-14-28(32)20-23-36(38)43-40(44)35-19-11-18-33-34-22-21-29(42-41(34)45-39(33)35)24-27-12-6-5-7-13-27;1-20-17-24(36)18-21(2)31(20)38-32-25-10-7-6-9-22(25)13-16-29(32)37-34(38)28-12-8-11-27-26-15-14-23(35(3,4)5)19-30(26)39-33(27)28;1-17(19-9-7-6-8-10-19)13-21-15-23(26-16-24(21)27(3,4)5)20-11-12-22(25)18(2)14-20;1-12(2)15-10-16(13-6-8-14(18)9-7-13)19-11-17(15)20(3,4)5;;/h5-18,20-23,25-26H,24H2,1-4H3;6-11,13-19H,1-5H3;6-10,12,14-17H,13H2,1-5H3;6,8-12H,1-5H3;;/q4*-1;;/i24D2;;13D2;12D;;. The number of pyridine rings is 3. The van der Waals surface area contributed by atoms with E-state index < -0.39 is 34.8 Å². The van der Waals surface area contributed by atoms with Crippen LogP contribution in [-0.4, -0.2) is 50.2 Å². The van der Waals surface area contributed by atoms with E-state index in [9.17, 15) is 13.2 Å². The minimum atomic E-state index is -1.85. The van der Waals surface area contributed by atoms with Crippen molar-refractivity contribution in [1.29, 1.82) is 0 Å². The van der Waals surface area contributed by atoms with E-state index in [2.05, 4.69) is 234 Å². The van der Waals surface area contributed by atoms with Crippen LogP contribution < -0.4 is 10.4 Å². The predicted octanol–water partition coefficient (Wildman–Crippen LogP) is 30.6. The van der Waals surface area contributed by atoms with Gasteiger partial charge in [0.2, 0.25) is 5.71 Å². The monoisotopic (exact) mass is 2150 g/mol. The van der Waals surface area contributed by atoms with E-state index in [0.29, 0.717) is 44.9 Å². The van der Waals surface area contributed by atoms with Gasteiger partial charge in [-0.15, -0.1) is 90.0 Å². The van der Waals surface area contributed by atoms with Gasteiger partial charge in [-0.25, -0.2) is 9.37 Å². The van der Waals surface area contributed by atoms with Crippen LogP contribution in [0, 0.1) is 62.5 Å². The van der Waals surface area contributed by atoms with Gasteiger partial charge >= 0.3 is 0 Å². The van der Waals surface area contributed by atoms with E-state index in [1.165, 1.54) is 40.1 Å². The molecule has 9 nitrogen and oxygen atoms in total. The van der Waals surface area contributed by atoms with Gasteiger partial charge in [-0.1, -0.05) is 318 Å². The maximum atomic E-state index is 14.4. The largest absolute Gasteiger partial charge is 0.501 e. The van der Waals surface area contributed by atoms with Crippen LogP contribution in [0.1, 0.15) is 161 Å². The Labute approximate surface area is 815 Å². The van der Waals surface area contributed by atoms with Crippen molar-refractivity contribution in [3.63, 3.8) is 0 Å². The molecule has 0 aliphatic heterocycles. The normalized spacial score (nSPS) is 12.9. The van der Waals surface area contributed by atoms with Crippen molar-refractivity contribution in [1.82, 2.24) is 34.1 Å². The van der Waals surface area contributed by atoms with Gasteiger partial charge in [0.25, 0.3) is 0 Å². The quantitative estimate of drug-likeness (QED) is 0.0702. The Morgan fingerprint density at radius 1 is 0.459 bits per heavy atom. The summed E-state index contributed by atoms with van der Waals surface area (Å²) in [6.45, 7) is 40.2. The predicted molar refractivity (Wildman–Crippen MR) is 544 cm³/mol. The van der Waals surface area contributed by atoms with Crippen molar-refractivity contribution in [3.8, 4) is 56.7 Å². The minimum Gasteiger partial charge on any atom is -0.501 e. The van der Waals surface area contributed by atoms with Crippen molar-refractivity contribution >= 4 is 114 Å². The average molecular weight is 2150 g/mol. The number of halogens is 3. The van der Waals surface area contributed by atoms with Gasteiger partial charge in [-0.3, -0.25) is 18.7 Å². The summed E-state index contributed by atoms with van der Waals surface area (Å²) in [7, 11) is -3.42. The number of hydrogen-bond acceptors (Lipinski definition) is 7. The Hall–Kier alpha value is -12.1. The van der Waals surface area contributed by atoms with Crippen molar-refractivity contribution in [2.45, 2.75) is 171 Å². The first-order valence-electron chi connectivity index (χ1n) is 47.4. The minimum absolute atomic E-state index is 0. The number of imidazole rings is 2. The second-order valence-electron chi connectivity index (χ2n) is 38.0. The molecule has 20 aromatic rings. The fourth-order valence-electron chi connectivity index (χ4n) is 17.7. The smallest absolute Gasteiger partial charge is 0.216 e. The SMILES string of the molecule is Cc1cc(F)cc(C)c1-n1c(-c2[c-]ccc3c2oc2cc(C(C)(C)C)ccc23)nc2ccc3ccccc3c21.[2H]C(C)(C)c1cc(-c2[c-]cc(F)cc2)ncc1[Si](C)(C)C.[2H]C([2H])(c1cc(-c2[c-]cc(F)c(C)c2)ncc1[Si](C)(C)C)C(C)c1ccccc1.[2H]C([2H])(c1ccccc1)c1ccc2c(n1)oc1c(-c3nc4ccc5ccccc5c4n3-c3c(C(C)C)cccc3C(C)C)[c-]ccc12.[Ir].[Ir]. The average Bonchev–Trinajstić information content (AvgIpc) is 1.57. The van der Waals surface area contributed by atoms with Gasteiger partial charge in [0, 0.05) is 116 Å². The molecule has 7 heterocycles. The zero-order chi connectivity index (χ0) is 96.7. The summed E-state index contributed by atoms with van der Waals surface area (Å²) in [5.41, 5.74) is 22.2. The Bertz CT molecular complexity index is 7920. The topological polar surface area (TPSA) is 101 Å². The second kappa shape index (κ2) is 39.2. The van der Waals surface area contributed by atoms with Gasteiger partial charge < -0.3 is 27.9 Å². The Balaban J connectivity index is 0.000000144. The van der Waals surface area contributed by atoms with Gasteiger partial charge in [-0.05, 0) is 163 Å².